The molecule has 0 saturated carbocycles. The van der Waals surface area contributed by atoms with E-state index in [1.165, 1.54) is 6.20 Å². The maximum absolute atomic E-state index is 12.0. The van der Waals surface area contributed by atoms with E-state index < -0.39 is 5.60 Å². The summed E-state index contributed by atoms with van der Waals surface area (Å²) in [5.41, 5.74) is 6.18. The largest absolute Gasteiger partial charge is 0.444 e. The minimum Gasteiger partial charge on any atom is -0.444 e. The number of hydrogen-bond acceptors (Lipinski definition) is 4. The summed E-state index contributed by atoms with van der Waals surface area (Å²) in [5.74, 6) is 0. The second-order valence-electron chi connectivity index (χ2n) is 5.20. The third-order valence-corrected chi connectivity index (χ3v) is 2.68. The van der Waals surface area contributed by atoms with Crippen molar-refractivity contribution in [1.29, 1.82) is 5.41 Å². The number of likely N-dealkylation sites (tertiary alicyclic amines) is 1. The zero-order valence-corrected chi connectivity index (χ0v) is 10.9. The van der Waals surface area contributed by atoms with Crippen LogP contribution >= 0.6 is 0 Å². The third kappa shape index (κ3) is 3.22. The first kappa shape index (κ1) is 13.5. The molecule has 0 unspecified atom stereocenters. The van der Waals surface area contributed by atoms with Crippen LogP contribution in [-0.4, -0.2) is 34.9 Å². The van der Waals surface area contributed by atoms with Crippen molar-refractivity contribution in [3.8, 4) is 0 Å². The number of rotatable bonds is 0. The van der Waals surface area contributed by atoms with Crippen LogP contribution in [0.1, 0.15) is 34.1 Å². The monoisotopic (exact) mass is 239 g/mol. The van der Waals surface area contributed by atoms with Crippen LogP contribution in [0.4, 0.5) is 4.79 Å². The van der Waals surface area contributed by atoms with Crippen molar-refractivity contribution in [2.24, 2.45) is 5.73 Å². The molecule has 3 N–H and O–H groups in total. The van der Waals surface area contributed by atoms with Gasteiger partial charge in [0, 0.05) is 30.5 Å². The van der Waals surface area contributed by atoms with E-state index in [0.717, 1.165) is 0 Å². The summed E-state index contributed by atoms with van der Waals surface area (Å²) in [6, 6.07) is -0.198. The van der Waals surface area contributed by atoms with E-state index in [-0.39, 0.29) is 12.1 Å². The zero-order chi connectivity index (χ0) is 13.2. The lowest BCUT2D eigenvalue weighted by atomic mass is 9.96. The number of nitrogens with two attached hydrogens (primary N) is 1. The van der Waals surface area contributed by atoms with Crippen molar-refractivity contribution >= 4 is 11.8 Å². The van der Waals surface area contributed by atoms with Crippen molar-refractivity contribution in [3.63, 3.8) is 0 Å². The number of hydrogen-bond donors (Lipinski definition) is 2. The topological polar surface area (TPSA) is 79.4 Å². The normalized spacial score (nSPS) is 24.0. The Bertz CT molecular complexity index is 355. The van der Waals surface area contributed by atoms with Crippen LogP contribution < -0.4 is 5.73 Å². The lowest BCUT2D eigenvalue weighted by Gasteiger charge is -2.36. The van der Waals surface area contributed by atoms with Crippen LogP contribution in [0.25, 0.3) is 0 Å². The van der Waals surface area contributed by atoms with Gasteiger partial charge in [0.2, 0.25) is 0 Å². The van der Waals surface area contributed by atoms with Gasteiger partial charge in [0.15, 0.2) is 0 Å². The Morgan fingerprint density at radius 3 is 2.65 bits per heavy atom. The summed E-state index contributed by atoms with van der Waals surface area (Å²) >= 11 is 0. The highest BCUT2D eigenvalue weighted by molar-refractivity contribution is 6.00. The molecule has 1 rings (SSSR count). The second kappa shape index (κ2) is 4.77. The number of amides is 1. The third-order valence-electron chi connectivity index (χ3n) is 2.68. The van der Waals surface area contributed by atoms with Gasteiger partial charge in [-0.2, -0.15) is 0 Å². The SMILES string of the molecule is C[C@H]1/C(=C/N)C(=N)CCN1C(=O)OC(C)(C)C. The first-order valence-electron chi connectivity index (χ1n) is 5.75. The Hall–Kier alpha value is -1.52. The molecule has 5 heteroatoms. The van der Waals surface area contributed by atoms with E-state index in [1.807, 2.05) is 27.7 Å². The predicted molar refractivity (Wildman–Crippen MR) is 67.0 cm³/mol. The number of carbonyl (C=O) groups is 1. The van der Waals surface area contributed by atoms with Gasteiger partial charge < -0.3 is 20.8 Å². The fraction of sp³-hybridized carbons (Fsp3) is 0.667. The number of piperidine rings is 1. The lowest BCUT2D eigenvalue weighted by Crippen LogP contribution is -2.48. The molecule has 1 heterocycles. The molecular weight excluding hydrogens is 218 g/mol. The van der Waals surface area contributed by atoms with Gasteiger partial charge >= 0.3 is 6.09 Å². The molecule has 0 aromatic carbocycles. The molecule has 0 aliphatic carbocycles. The summed E-state index contributed by atoms with van der Waals surface area (Å²) in [6.45, 7) is 7.87. The first-order valence-corrected chi connectivity index (χ1v) is 5.75. The van der Waals surface area contributed by atoms with E-state index in [4.69, 9.17) is 15.9 Å². The second-order valence-corrected chi connectivity index (χ2v) is 5.20. The summed E-state index contributed by atoms with van der Waals surface area (Å²) in [5, 5.41) is 7.76. The van der Waals surface area contributed by atoms with Crippen molar-refractivity contribution in [1.82, 2.24) is 4.90 Å². The Labute approximate surface area is 102 Å². The van der Waals surface area contributed by atoms with Gasteiger partial charge in [-0.05, 0) is 27.7 Å². The molecule has 0 spiro atoms. The van der Waals surface area contributed by atoms with Crippen molar-refractivity contribution in [3.05, 3.63) is 11.8 Å². The van der Waals surface area contributed by atoms with Crippen LogP contribution in [-0.2, 0) is 4.74 Å². The standard InChI is InChI=1S/C12H21N3O2/c1-8-9(7-13)10(14)5-6-15(8)11(16)17-12(2,3)4/h7-8,14H,5-6,13H2,1-4H3/b9-7-,14-10?/t8-/m0/s1. The molecule has 96 valence electrons. The Kier molecular flexibility index (Phi) is 3.80. The van der Waals surface area contributed by atoms with E-state index >= 15 is 0 Å². The average molecular weight is 239 g/mol. The predicted octanol–water partition coefficient (Wildman–Crippen LogP) is 1.88. The van der Waals surface area contributed by atoms with Gasteiger partial charge in [0.1, 0.15) is 5.60 Å². The number of carbonyl (C=O) groups excluding carboxylic acids is 1. The molecule has 0 bridgehead atoms. The molecule has 0 aromatic rings. The Balaban J connectivity index is 2.79. The minimum atomic E-state index is -0.506. The van der Waals surface area contributed by atoms with E-state index in [9.17, 15) is 4.79 Å². The van der Waals surface area contributed by atoms with Crippen LogP contribution in [0.15, 0.2) is 11.8 Å². The molecule has 5 nitrogen and oxygen atoms in total. The van der Waals surface area contributed by atoms with Crippen molar-refractivity contribution in [2.75, 3.05) is 6.54 Å². The average Bonchev–Trinajstić information content (AvgIpc) is 2.15. The molecule has 1 fully saturated rings. The van der Waals surface area contributed by atoms with E-state index in [0.29, 0.717) is 24.3 Å². The number of nitrogens with zero attached hydrogens (tertiary/aromatic N) is 1. The first-order chi connectivity index (χ1) is 7.76. The Morgan fingerprint density at radius 1 is 1.59 bits per heavy atom. The summed E-state index contributed by atoms with van der Waals surface area (Å²) < 4.78 is 5.32. The van der Waals surface area contributed by atoms with Crippen LogP contribution in [0.3, 0.4) is 0 Å². The van der Waals surface area contributed by atoms with Crippen LogP contribution in [0, 0.1) is 5.41 Å². The fourth-order valence-electron chi connectivity index (χ4n) is 1.80. The lowest BCUT2D eigenvalue weighted by molar-refractivity contribution is 0.0203. The highest BCUT2D eigenvalue weighted by Crippen LogP contribution is 2.21. The summed E-state index contributed by atoms with van der Waals surface area (Å²) in [6.07, 6.45) is 1.58. The molecule has 1 atom stereocenters. The number of nitrogens with one attached hydrogen (secondary N) is 1. The fourth-order valence-corrected chi connectivity index (χ4v) is 1.80. The van der Waals surface area contributed by atoms with Gasteiger partial charge in [-0.3, -0.25) is 0 Å². The quantitative estimate of drug-likeness (QED) is 0.677. The molecular formula is C12H21N3O2. The summed E-state index contributed by atoms with van der Waals surface area (Å²) in [4.78, 5) is 13.6. The van der Waals surface area contributed by atoms with E-state index in [1.54, 1.807) is 4.90 Å². The minimum absolute atomic E-state index is 0.198. The molecule has 0 aromatic heterocycles. The van der Waals surface area contributed by atoms with Gasteiger partial charge in [0.05, 0.1) is 6.04 Å². The molecule has 1 saturated heterocycles. The molecule has 0 radical (unpaired) electrons. The highest BCUT2D eigenvalue weighted by atomic mass is 16.6. The van der Waals surface area contributed by atoms with Crippen molar-refractivity contribution in [2.45, 2.75) is 45.8 Å². The molecule has 1 aliphatic heterocycles. The smallest absolute Gasteiger partial charge is 0.410 e. The molecule has 1 amide bonds. The maximum Gasteiger partial charge on any atom is 0.410 e. The highest BCUT2D eigenvalue weighted by Gasteiger charge is 2.32. The Morgan fingerprint density at radius 2 is 2.18 bits per heavy atom. The van der Waals surface area contributed by atoms with Crippen LogP contribution in [0.2, 0.25) is 0 Å². The van der Waals surface area contributed by atoms with Crippen LogP contribution in [0.5, 0.6) is 0 Å². The van der Waals surface area contributed by atoms with Gasteiger partial charge in [-0.1, -0.05) is 0 Å². The van der Waals surface area contributed by atoms with Gasteiger partial charge in [0.25, 0.3) is 0 Å². The maximum atomic E-state index is 12.0. The molecule has 17 heavy (non-hydrogen) atoms. The van der Waals surface area contributed by atoms with Gasteiger partial charge in [-0.15, -0.1) is 0 Å². The van der Waals surface area contributed by atoms with Gasteiger partial charge in [-0.25, -0.2) is 4.79 Å². The molecule has 1 aliphatic rings. The van der Waals surface area contributed by atoms with Crippen molar-refractivity contribution < 1.29 is 9.53 Å². The zero-order valence-electron chi connectivity index (χ0n) is 10.9. The number of ether oxygens (including phenoxy) is 1. The summed E-state index contributed by atoms with van der Waals surface area (Å²) in [7, 11) is 0. The van der Waals surface area contributed by atoms with E-state index in [2.05, 4.69) is 0 Å².